The molecule has 28 heavy (non-hydrogen) atoms. The standard InChI is InChI=1S/C19H22FN3O4.ClH/c1-9-16-11(10-3-4-10)5-12(19(25)26)18(24)23(16)6-13(20)17(9)22-7-14(21)15(8-22)27-2;/h5-6,10,14-15H,3-4,7-8,21H2,1-2H3,(H,25,26);1H. The quantitative estimate of drug-likeness (QED) is 0.797. The van der Waals surface area contributed by atoms with Gasteiger partial charge in [0.2, 0.25) is 0 Å². The summed E-state index contributed by atoms with van der Waals surface area (Å²) in [6, 6.07) is 1.23. The predicted molar refractivity (Wildman–Crippen MR) is 106 cm³/mol. The first-order chi connectivity index (χ1) is 12.8. The van der Waals surface area contributed by atoms with Crippen LogP contribution >= 0.6 is 12.4 Å². The third kappa shape index (κ3) is 3.15. The van der Waals surface area contributed by atoms with E-state index in [9.17, 15) is 14.7 Å². The molecule has 2 fully saturated rings. The molecule has 4 rings (SSSR count). The van der Waals surface area contributed by atoms with Gasteiger partial charge in [0, 0.05) is 20.2 Å². The summed E-state index contributed by atoms with van der Waals surface area (Å²) in [6.45, 7) is 2.68. The van der Waals surface area contributed by atoms with E-state index in [-0.39, 0.29) is 36.0 Å². The highest BCUT2D eigenvalue weighted by molar-refractivity contribution is 5.89. The van der Waals surface area contributed by atoms with Gasteiger partial charge >= 0.3 is 5.97 Å². The average molecular weight is 412 g/mol. The van der Waals surface area contributed by atoms with Gasteiger partial charge in [0.05, 0.1) is 29.5 Å². The monoisotopic (exact) mass is 411 g/mol. The van der Waals surface area contributed by atoms with Crippen LogP contribution < -0.4 is 16.2 Å². The molecule has 2 unspecified atom stereocenters. The first kappa shape index (κ1) is 20.6. The van der Waals surface area contributed by atoms with Crippen LogP contribution in [0.3, 0.4) is 0 Å². The maximum atomic E-state index is 15.0. The van der Waals surface area contributed by atoms with Crippen LogP contribution in [-0.4, -0.2) is 47.8 Å². The lowest BCUT2D eigenvalue weighted by Crippen LogP contribution is -2.34. The van der Waals surface area contributed by atoms with Gasteiger partial charge in [0.25, 0.3) is 5.56 Å². The number of halogens is 2. The summed E-state index contributed by atoms with van der Waals surface area (Å²) >= 11 is 0. The van der Waals surface area contributed by atoms with E-state index in [1.165, 1.54) is 6.07 Å². The van der Waals surface area contributed by atoms with Crippen molar-refractivity contribution in [3.63, 3.8) is 0 Å². The summed E-state index contributed by atoms with van der Waals surface area (Å²) in [6.07, 6.45) is 2.77. The van der Waals surface area contributed by atoms with Crippen molar-refractivity contribution in [2.45, 2.75) is 37.8 Å². The Labute approximate surface area is 167 Å². The van der Waals surface area contributed by atoms with Crippen molar-refractivity contribution in [2.24, 2.45) is 5.73 Å². The number of nitrogens with zero attached hydrogens (tertiary/aromatic N) is 2. The maximum absolute atomic E-state index is 15.0. The lowest BCUT2D eigenvalue weighted by atomic mass is 10.0. The number of aryl methyl sites for hydroxylation is 1. The summed E-state index contributed by atoms with van der Waals surface area (Å²) in [4.78, 5) is 25.9. The fourth-order valence-corrected chi connectivity index (χ4v) is 4.12. The average Bonchev–Trinajstić information content (AvgIpc) is 3.38. The predicted octanol–water partition coefficient (Wildman–Crippen LogP) is 1.91. The van der Waals surface area contributed by atoms with Crippen LogP contribution in [0, 0.1) is 12.7 Å². The van der Waals surface area contributed by atoms with E-state index in [0.29, 0.717) is 29.9 Å². The second kappa shape index (κ2) is 7.35. The zero-order chi connectivity index (χ0) is 19.5. The minimum Gasteiger partial charge on any atom is -0.477 e. The van der Waals surface area contributed by atoms with Crippen LogP contribution in [0.2, 0.25) is 0 Å². The zero-order valence-electron chi connectivity index (χ0n) is 15.6. The van der Waals surface area contributed by atoms with E-state index in [0.717, 1.165) is 29.0 Å². The summed E-state index contributed by atoms with van der Waals surface area (Å²) in [7, 11) is 1.58. The maximum Gasteiger partial charge on any atom is 0.341 e. The summed E-state index contributed by atoms with van der Waals surface area (Å²) in [5, 5.41) is 9.36. The molecule has 9 heteroatoms. The van der Waals surface area contributed by atoms with Crippen LogP contribution in [-0.2, 0) is 4.74 Å². The van der Waals surface area contributed by atoms with Gasteiger partial charge in [-0.15, -0.1) is 12.4 Å². The number of carboxylic acids is 1. The molecule has 1 aliphatic heterocycles. The largest absolute Gasteiger partial charge is 0.477 e. The van der Waals surface area contributed by atoms with E-state index in [2.05, 4.69) is 0 Å². The van der Waals surface area contributed by atoms with Gasteiger partial charge in [-0.25, -0.2) is 9.18 Å². The van der Waals surface area contributed by atoms with Crippen molar-refractivity contribution >= 4 is 29.6 Å². The molecular weight excluding hydrogens is 389 g/mol. The highest BCUT2D eigenvalue weighted by Crippen LogP contribution is 2.44. The van der Waals surface area contributed by atoms with Crippen LogP contribution in [0.1, 0.15) is 40.2 Å². The number of fused-ring (bicyclic) bond motifs is 1. The first-order valence-electron chi connectivity index (χ1n) is 8.98. The zero-order valence-corrected chi connectivity index (χ0v) is 16.5. The molecule has 2 aromatic rings. The van der Waals surface area contributed by atoms with Crippen molar-refractivity contribution in [2.75, 3.05) is 25.1 Å². The Hall–Kier alpha value is -2.16. The molecule has 0 spiro atoms. The minimum absolute atomic E-state index is 0. The van der Waals surface area contributed by atoms with Crippen LogP contribution in [0.5, 0.6) is 0 Å². The summed E-state index contributed by atoms with van der Waals surface area (Å²) in [5.41, 5.74) is 7.44. The van der Waals surface area contributed by atoms with Crippen LogP contribution in [0.15, 0.2) is 17.1 Å². The number of carboxylic acid groups (broad SMARTS) is 1. The molecule has 1 saturated heterocycles. The van der Waals surface area contributed by atoms with Gasteiger partial charge in [-0.1, -0.05) is 0 Å². The molecule has 2 atom stereocenters. The summed E-state index contributed by atoms with van der Waals surface area (Å²) < 4.78 is 21.5. The molecule has 152 valence electrons. The van der Waals surface area contributed by atoms with E-state index < -0.39 is 17.3 Å². The Morgan fingerprint density at radius 3 is 2.57 bits per heavy atom. The lowest BCUT2D eigenvalue weighted by molar-refractivity contribution is 0.0694. The normalized spacial score (nSPS) is 21.8. The number of pyridine rings is 2. The molecule has 3 heterocycles. The highest BCUT2D eigenvalue weighted by Gasteiger charge is 2.35. The summed E-state index contributed by atoms with van der Waals surface area (Å²) in [5.74, 6) is -1.68. The molecule has 0 bridgehead atoms. The third-order valence-corrected chi connectivity index (χ3v) is 5.62. The van der Waals surface area contributed by atoms with Gasteiger partial charge in [-0.2, -0.15) is 0 Å². The second-order valence-corrected chi connectivity index (χ2v) is 7.41. The van der Waals surface area contributed by atoms with Crippen LogP contribution in [0.4, 0.5) is 10.1 Å². The van der Waals surface area contributed by atoms with Crippen molar-refractivity contribution < 1.29 is 19.0 Å². The lowest BCUT2D eigenvalue weighted by Gasteiger charge is -2.24. The highest BCUT2D eigenvalue weighted by atomic mass is 35.5. The number of rotatable bonds is 4. The topological polar surface area (TPSA) is 97.3 Å². The third-order valence-electron chi connectivity index (χ3n) is 5.62. The van der Waals surface area contributed by atoms with Crippen LogP contribution in [0.25, 0.3) is 5.52 Å². The molecule has 3 N–H and O–H groups in total. The van der Waals surface area contributed by atoms with Gasteiger partial charge in [-0.3, -0.25) is 9.20 Å². The second-order valence-electron chi connectivity index (χ2n) is 7.41. The molecule has 2 aliphatic rings. The molecule has 1 saturated carbocycles. The van der Waals surface area contributed by atoms with Gasteiger partial charge < -0.3 is 20.5 Å². The fourth-order valence-electron chi connectivity index (χ4n) is 4.12. The van der Waals surface area contributed by atoms with E-state index in [1.54, 1.807) is 14.0 Å². The van der Waals surface area contributed by atoms with E-state index >= 15 is 4.39 Å². The number of aromatic nitrogens is 1. The number of aromatic carboxylic acids is 1. The van der Waals surface area contributed by atoms with Crippen molar-refractivity contribution in [1.29, 1.82) is 0 Å². The van der Waals surface area contributed by atoms with Gasteiger partial charge in [-0.05, 0) is 42.9 Å². The Bertz CT molecular complexity index is 1010. The first-order valence-corrected chi connectivity index (χ1v) is 8.98. The Morgan fingerprint density at radius 2 is 2.04 bits per heavy atom. The number of anilines is 1. The number of methoxy groups -OCH3 is 1. The number of ether oxygens (including phenoxy) is 1. The smallest absolute Gasteiger partial charge is 0.341 e. The van der Waals surface area contributed by atoms with E-state index in [4.69, 9.17) is 10.5 Å². The molecule has 1 aliphatic carbocycles. The number of carbonyl (C=O) groups is 1. The molecular formula is C19H23ClFN3O4. The SMILES string of the molecule is COC1CN(c2c(F)cn3c(=O)c(C(=O)O)cc(C4CC4)c3c2C)CC1N.Cl. The van der Waals surface area contributed by atoms with E-state index in [1.807, 2.05) is 4.90 Å². The molecule has 2 aromatic heterocycles. The Kier molecular flexibility index (Phi) is 5.40. The van der Waals surface area contributed by atoms with Gasteiger partial charge in [0.1, 0.15) is 5.56 Å². The number of hydrogen-bond acceptors (Lipinski definition) is 5. The Balaban J connectivity index is 0.00000225. The fraction of sp³-hybridized carbons (Fsp3) is 0.474. The molecule has 0 aromatic carbocycles. The molecule has 7 nitrogen and oxygen atoms in total. The molecule has 0 amide bonds. The molecule has 0 radical (unpaired) electrons. The van der Waals surface area contributed by atoms with Crippen molar-refractivity contribution in [3.8, 4) is 0 Å². The van der Waals surface area contributed by atoms with Crippen molar-refractivity contribution in [1.82, 2.24) is 4.40 Å². The number of nitrogens with two attached hydrogens (primary N) is 1. The van der Waals surface area contributed by atoms with Crippen molar-refractivity contribution in [3.05, 3.63) is 45.1 Å². The Morgan fingerprint density at radius 1 is 1.36 bits per heavy atom. The number of hydrogen-bond donors (Lipinski definition) is 2. The minimum atomic E-state index is -1.30. The van der Waals surface area contributed by atoms with Gasteiger partial charge in [0.15, 0.2) is 5.82 Å².